The highest BCUT2D eigenvalue weighted by molar-refractivity contribution is 5.88. The van der Waals surface area contributed by atoms with Crippen LogP contribution in [-0.4, -0.2) is 34.9 Å². The van der Waals surface area contributed by atoms with Crippen LogP contribution in [0.2, 0.25) is 0 Å². The molecule has 0 aromatic rings. The summed E-state index contributed by atoms with van der Waals surface area (Å²) in [5.74, 6) is -1.75. The van der Waals surface area contributed by atoms with E-state index < -0.39 is 29.7 Å². The Balaban J connectivity index is 4.13. The molecule has 0 aliphatic carbocycles. The van der Waals surface area contributed by atoms with Gasteiger partial charge in [0.1, 0.15) is 6.04 Å². The van der Waals surface area contributed by atoms with Gasteiger partial charge in [-0.1, -0.05) is 6.08 Å². The lowest BCUT2D eigenvalue weighted by Crippen LogP contribution is -2.49. The van der Waals surface area contributed by atoms with Crippen molar-refractivity contribution < 1.29 is 19.4 Å². The number of esters is 2. The quantitative estimate of drug-likeness (QED) is 0.193. The van der Waals surface area contributed by atoms with E-state index in [9.17, 15) is 9.59 Å². The van der Waals surface area contributed by atoms with E-state index in [1.807, 2.05) is 0 Å². The van der Waals surface area contributed by atoms with Crippen molar-refractivity contribution in [3.63, 3.8) is 0 Å². The first-order valence-corrected chi connectivity index (χ1v) is 5.56. The first-order chi connectivity index (χ1) is 8.19. The molecule has 2 atom stereocenters. The summed E-state index contributed by atoms with van der Waals surface area (Å²) in [5.41, 5.74) is 15.6. The van der Waals surface area contributed by atoms with Gasteiger partial charge in [-0.3, -0.25) is 4.79 Å². The Morgan fingerprint density at radius 2 is 2.06 bits per heavy atom. The number of ether oxygens (including phenoxy) is 1. The zero-order valence-electron chi connectivity index (χ0n) is 10.5. The van der Waals surface area contributed by atoms with E-state index in [-0.39, 0.29) is 12.8 Å². The third-order valence-electron chi connectivity index (χ3n) is 2.33. The number of carbonyl (C=O) groups excluding carboxylic acids is 2. The molecular weight excluding hydrogens is 238 g/mol. The van der Waals surface area contributed by atoms with Crippen molar-refractivity contribution in [2.24, 2.45) is 17.2 Å². The first-order valence-electron chi connectivity index (χ1n) is 5.56. The van der Waals surface area contributed by atoms with E-state index in [0.717, 1.165) is 0 Å². The Hall–Kier alpha value is -1.28. The smallest absolute Gasteiger partial charge is 0.333 e. The van der Waals surface area contributed by atoms with Crippen LogP contribution in [0, 0.1) is 0 Å². The standard InChI is InChI=1S/C11H21N3O4/c1-3-5-11(13,14)6-4-8(16)18-10(17)9(12)7(2)15/h3,7,9,15H,1,4-6,12-14H2,2H3/t7-,9+/m1/s1. The molecule has 0 radical (unpaired) electrons. The van der Waals surface area contributed by atoms with Crippen molar-refractivity contribution >= 4 is 11.9 Å². The van der Waals surface area contributed by atoms with Gasteiger partial charge >= 0.3 is 11.9 Å². The van der Waals surface area contributed by atoms with Crippen molar-refractivity contribution in [3.05, 3.63) is 12.7 Å². The lowest BCUT2D eigenvalue weighted by atomic mass is 10.0. The summed E-state index contributed by atoms with van der Waals surface area (Å²) in [4.78, 5) is 22.6. The summed E-state index contributed by atoms with van der Waals surface area (Å²) in [6, 6.07) is -1.25. The molecule has 0 aromatic carbocycles. The Morgan fingerprint density at radius 1 is 1.50 bits per heavy atom. The predicted octanol–water partition coefficient (Wildman–Crippen LogP) is -1.27. The second-order valence-electron chi connectivity index (χ2n) is 4.29. The minimum Gasteiger partial charge on any atom is -0.392 e. The fourth-order valence-corrected chi connectivity index (χ4v) is 1.13. The van der Waals surface area contributed by atoms with Crippen LogP contribution in [0.25, 0.3) is 0 Å². The molecule has 104 valence electrons. The number of nitrogens with two attached hydrogens (primary N) is 3. The number of hydrogen-bond acceptors (Lipinski definition) is 7. The van der Waals surface area contributed by atoms with Crippen LogP contribution in [0.1, 0.15) is 26.2 Å². The predicted molar refractivity (Wildman–Crippen MR) is 65.9 cm³/mol. The summed E-state index contributed by atoms with van der Waals surface area (Å²) in [7, 11) is 0. The molecule has 0 heterocycles. The summed E-state index contributed by atoms with van der Waals surface area (Å²) in [6.07, 6.45) is 0.823. The van der Waals surface area contributed by atoms with Crippen molar-refractivity contribution in [2.45, 2.75) is 44.0 Å². The molecule has 7 N–H and O–H groups in total. The molecule has 0 aliphatic rings. The maximum atomic E-state index is 11.3. The number of rotatable bonds is 7. The van der Waals surface area contributed by atoms with Gasteiger partial charge in [-0.2, -0.15) is 0 Å². The van der Waals surface area contributed by atoms with Crippen molar-refractivity contribution in [2.75, 3.05) is 0 Å². The summed E-state index contributed by atoms with van der Waals surface area (Å²) in [6.45, 7) is 4.81. The van der Waals surface area contributed by atoms with Gasteiger partial charge in [0.15, 0.2) is 0 Å². The third-order valence-corrected chi connectivity index (χ3v) is 2.33. The molecule has 0 bridgehead atoms. The van der Waals surface area contributed by atoms with Gasteiger partial charge in [0.05, 0.1) is 11.8 Å². The molecule has 0 fully saturated rings. The number of aliphatic hydroxyl groups excluding tert-OH is 1. The Labute approximate surface area is 106 Å². The van der Waals surface area contributed by atoms with Gasteiger partial charge in [-0.15, -0.1) is 6.58 Å². The first kappa shape index (κ1) is 16.7. The minimum atomic E-state index is -1.25. The lowest BCUT2D eigenvalue weighted by Gasteiger charge is -2.22. The van der Waals surface area contributed by atoms with Crippen LogP contribution >= 0.6 is 0 Å². The second kappa shape index (κ2) is 7.22. The van der Waals surface area contributed by atoms with Crippen LogP contribution in [0.5, 0.6) is 0 Å². The molecule has 0 rings (SSSR count). The summed E-state index contributed by atoms with van der Waals surface area (Å²) < 4.78 is 4.45. The number of aliphatic hydroxyl groups is 1. The minimum absolute atomic E-state index is 0.112. The number of hydrogen-bond donors (Lipinski definition) is 4. The van der Waals surface area contributed by atoms with E-state index >= 15 is 0 Å². The number of carbonyl (C=O) groups is 2. The molecule has 0 aromatic heterocycles. The zero-order chi connectivity index (χ0) is 14.3. The SMILES string of the molecule is C=CCC(N)(N)CCC(=O)OC(=O)[C@@H](N)[C@@H](C)O. The van der Waals surface area contributed by atoms with Crippen LogP contribution in [-0.2, 0) is 14.3 Å². The van der Waals surface area contributed by atoms with E-state index in [1.54, 1.807) is 6.08 Å². The van der Waals surface area contributed by atoms with Crippen molar-refractivity contribution in [3.8, 4) is 0 Å². The monoisotopic (exact) mass is 259 g/mol. The van der Waals surface area contributed by atoms with E-state index in [2.05, 4.69) is 11.3 Å². The molecule has 0 saturated carbocycles. The van der Waals surface area contributed by atoms with E-state index in [0.29, 0.717) is 6.42 Å². The third kappa shape index (κ3) is 6.45. The summed E-state index contributed by atoms with van der Waals surface area (Å²) >= 11 is 0. The van der Waals surface area contributed by atoms with Crippen LogP contribution < -0.4 is 17.2 Å². The average Bonchev–Trinajstić information content (AvgIpc) is 2.25. The van der Waals surface area contributed by atoms with Crippen molar-refractivity contribution in [1.29, 1.82) is 0 Å². The molecule has 0 amide bonds. The molecular formula is C11H21N3O4. The van der Waals surface area contributed by atoms with Gasteiger partial charge in [0.25, 0.3) is 0 Å². The van der Waals surface area contributed by atoms with Gasteiger partial charge in [-0.05, 0) is 19.8 Å². The molecule has 0 saturated heterocycles. The molecule has 18 heavy (non-hydrogen) atoms. The fourth-order valence-electron chi connectivity index (χ4n) is 1.13. The van der Waals surface area contributed by atoms with Crippen LogP contribution in [0.15, 0.2) is 12.7 Å². The highest BCUT2D eigenvalue weighted by Gasteiger charge is 2.25. The zero-order valence-corrected chi connectivity index (χ0v) is 10.5. The van der Waals surface area contributed by atoms with E-state index in [4.69, 9.17) is 22.3 Å². The Kier molecular flexibility index (Phi) is 6.71. The normalized spacial score (nSPS) is 14.7. The Bertz CT molecular complexity index is 315. The summed E-state index contributed by atoms with van der Waals surface area (Å²) in [5, 5.41) is 9.05. The molecule has 0 unspecified atom stereocenters. The van der Waals surface area contributed by atoms with Gasteiger partial charge < -0.3 is 27.0 Å². The molecule has 7 heteroatoms. The second-order valence-corrected chi connectivity index (χ2v) is 4.29. The highest BCUT2D eigenvalue weighted by atomic mass is 16.6. The fraction of sp³-hybridized carbons (Fsp3) is 0.636. The maximum Gasteiger partial charge on any atom is 0.333 e. The van der Waals surface area contributed by atoms with Gasteiger partial charge in [0, 0.05) is 6.42 Å². The largest absolute Gasteiger partial charge is 0.392 e. The van der Waals surface area contributed by atoms with E-state index in [1.165, 1.54) is 6.92 Å². The Morgan fingerprint density at radius 3 is 2.50 bits per heavy atom. The molecule has 0 spiro atoms. The average molecular weight is 259 g/mol. The highest BCUT2D eigenvalue weighted by Crippen LogP contribution is 2.09. The van der Waals surface area contributed by atoms with Crippen LogP contribution in [0.3, 0.4) is 0 Å². The molecule has 0 aliphatic heterocycles. The topological polar surface area (TPSA) is 142 Å². The molecule has 7 nitrogen and oxygen atoms in total. The maximum absolute atomic E-state index is 11.3. The van der Waals surface area contributed by atoms with Gasteiger partial charge in [-0.25, -0.2) is 4.79 Å². The van der Waals surface area contributed by atoms with Crippen LogP contribution in [0.4, 0.5) is 0 Å². The van der Waals surface area contributed by atoms with Crippen molar-refractivity contribution in [1.82, 2.24) is 0 Å². The van der Waals surface area contributed by atoms with Gasteiger partial charge in [0.2, 0.25) is 0 Å². The lowest BCUT2D eigenvalue weighted by molar-refractivity contribution is -0.162.